The lowest BCUT2D eigenvalue weighted by atomic mass is 9.80. The van der Waals surface area contributed by atoms with Gasteiger partial charge in [0.25, 0.3) is 14.4 Å². The first-order valence-electron chi connectivity index (χ1n) is 20.6. The number of aromatic nitrogens is 4. The first kappa shape index (κ1) is 44.3. The number of hydrogen-bond donors (Lipinski definition) is 1. The van der Waals surface area contributed by atoms with Crippen LogP contribution in [0.2, 0.25) is 0 Å². The first-order valence-corrected chi connectivity index (χ1v) is 21.7. The molecule has 4 aromatic carbocycles. The van der Waals surface area contributed by atoms with Crippen LogP contribution in [0.15, 0.2) is 122 Å². The second-order valence-electron chi connectivity index (χ2n) is 15.2. The van der Waals surface area contributed by atoms with Gasteiger partial charge in [-0.05, 0) is 80.8 Å². The van der Waals surface area contributed by atoms with Crippen molar-refractivity contribution in [3.05, 3.63) is 156 Å². The van der Waals surface area contributed by atoms with Crippen LogP contribution in [0.1, 0.15) is 67.4 Å². The standard InChI is InChI=1S/C47H52N7O7P/c1-32(2)54(33(3)4)62(59-27-26-48-5)61-40-28-42(53-31-51-43-44(49-30-50-45(43)53)52-46(55)34-14-10-8-11-15-34)60-41(40)29-58-47(35-16-12-9-13-17-35,36-18-22-38(56-6)23-19-36)37-20-24-39(57-7)25-21-37/h8-25,30-33,40-42H,26-29H2,1-4,6-7H3,(H,49,50,52,55). The number of fused-ring (bicyclic) bond motifs is 1. The fourth-order valence-corrected chi connectivity index (χ4v) is 9.49. The van der Waals surface area contributed by atoms with Crippen molar-refractivity contribution in [3.63, 3.8) is 0 Å². The molecule has 14 nitrogen and oxygen atoms in total. The number of benzene rings is 4. The molecule has 6 aromatic rings. The van der Waals surface area contributed by atoms with E-state index in [9.17, 15) is 4.79 Å². The Morgan fingerprint density at radius 3 is 2.05 bits per heavy atom. The van der Waals surface area contributed by atoms with Gasteiger partial charge in [-0.1, -0.05) is 72.8 Å². The van der Waals surface area contributed by atoms with E-state index in [0.29, 0.717) is 34.6 Å². The van der Waals surface area contributed by atoms with Gasteiger partial charge >= 0.3 is 0 Å². The molecule has 1 N–H and O–H groups in total. The number of hydrogen-bond acceptors (Lipinski definition) is 11. The molecule has 7 rings (SSSR count). The number of anilines is 1. The molecule has 15 heteroatoms. The molecule has 1 aliphatic rings. The maximum atomic E-state index is 13.2. The highest BCUT2D eigenvalue weighted by Crippen LogP contribution is 2.51. The van der Waals surface area contributed by atoms with Crippen LogP contribution in [0, 0.1) is 6.57 Å². The van der Waals surface area contributed by atoms with Crippen molar-refractivity contribution >= 4 is 31.4 Å². The van der Waals surface area contributed by atoms with Crippen molar-refractivity contribution in [1.29, 1.82) is 0 Å². The minimum absolute atomic E-state index is 0.0801. The van der Waals surface area contributed by atoms with Crippen LogP contribution in [-0.2, 0) is 24.1 Å². The van der Waals surface area contributed by atoms with E-state index in [1.807, 2.05) is 77.4 Å². The summed E-state index contributed by atoms with van der Waals surface area (Å²) in [6.45, 7) is 16.4. The highest BCUT2D eigenvalue weighted by Gasteiger charge is 2.45. The van der Waals surface area contributed by atoms with Crippen LogP contribution < -0.4 is 14.8 Å². The van der Waals surface area contributed by atoms with Gasteiger partial charge in [-0.2, -0.15) is 0 Å². The van der Waals surface area contributed by atoms with E-state index in [2.05, 4.69) is 69.6 Å². The molecule has 1 fully saturated rings. The molecule has 1 amide bonds. The normalized spacial score (nSPS) is 17.1. The van der Waals surface area contributed by atoms with Crippen molar-refractivity contribution in [2.45, 2.75) is 70.2 Å². The van der Waals surface area contributed by atoms with Gasteiger partial charge in [0.1, 0.15) is 42.4 Å². The molecular formula is C47H52N7O7P. The van der Waals surface area contributed by atoms with E-state index in [-0.39, 0.29) is 43.6 Å². The summed E-state index contributed by atoms with van der Waals surface area (Å²) in [4.78, 5) is 30.4. The fourth-order valence-electron chi connectivity index (χ4n) is 7.74. The van der Waals surface area contributed by atoms with Gasteiger partial charge in [0.05, 0.1) is 33.3 Å². The molecule has 322 valence electrons. The zero-order chi connectivity index (χ0) is 43.6. The number of carbonyl (C=O) groups excluding carboxylic acids is 1. The van der Waals surface area contributed by atoms with E-state index in [1.165, 1.54) is 6.33 Å². The Labute approximate surface area is 363 Å². The second-order valence-corrected chi connectivity index (χ2v) is 16.6. The zero-order valence-corrected chi connectivity index (χ0v) is 36.6. The van der Waals surface area contributed by atoms with Gasteiger partial charge in [0.15, 0.2) is 17.0 Å². The van der Waals surface area contributed by atoms with Gasteiger partial charge in [-0.3, -0.25) is 9.36 Å². The van der Waals surface area contributed by atoms with E-state index in [0.717, 1.165) is 16.7 Å². The van der Waals surface area contributed by atoms with Crippen LogP contribution in [0.3, 0.4) is 0 Å². The maximum absolute atomic E-state index is 13.2. The number of imidazole rings is 1. The van der Waals surface area contributed by atoms with E-state index in [4.69, 9.17) is 34.6 Å². The molecule has 1 aliphatic heterocycles. The summed E-state index contributed by atoms with van der Waals surface area (Å²) in [6, 6.07) is 34.9. The summed E-state index contributed by atoms with van der Waals surface area (Å²) in [5, 5.41) is 2.90. The highest BCUT2D eigenvalue weighted by atomic mass is 31.2. The average molecular weight is 858 g/mol. The first-order chi connectivity index (χ1) is 30.2. The predicted molar refractivity (Wildman–Crippen MR) is 238 cm³/mol. The lowest BCUT2D eigenvalue weighted by molar-refractivity contribution is -0.0911. The van der Waals surface area contributed by atoms with Crippen LogP contribution >= 0.6 is 8.53 Å². The smallest absolute Gasteiger partial charge is 0.259 e. The molecule has 2 aromatic heterocycles. The molecule has 0 saturated carbocycles. The monoisotopic (exact) mass is 857 g/mol. The Bertz CT molecular complexity index is 2360. The number of carbonyl (C=O) groups is 1. The number of amides is 1. The van der Waals surface area contributed by atoms with Gasteiger partial charge < -0.3 is 38.2 Å². The number of ether oxygens (including phenoxy) is 4. The Hall–Kier alpha value is -5.78. The predicted octanol–water partition coefficient (Wildman–Crippen LogP) is 9.06. The number of rotatable bonds is 19. The summed E-state index contributed by atoms with van der Waals surface area (Å²) < 4.78 is 43.0. The molecule has 3 heterocycles. The lowest BCUT2D eigenvalue weighted by Crippen LogP contribution is -2.39. The summed E-state index contributed by atoms with van der Waals surface area (Å²) in [5.41, 5.74) is 2.91. The molecule has 62 heavy (non-hydrogen) atoms. The Morgan fingerprint density at radius 1 is 0.871 bits per heavy atom. The summed E-state index contributed by atoms with van der Waals surface area (Å²) in [6.07, 6.45) is 1.65. The summed E-state index contributed by atoms with van der Waals surface area (Å²) >= 11 is 0. The Morgan fingerprint density at radius 2 is 1.47 bits per heavy atom. The van der Waals surface area contributed by atoms with Crippen molar-refractivity contribution < 1.29 is 32.8 Å². The molecule has 4 unspecified atom stereocenters. The van der Waals surface area contributed by atoms with E-state index in [1.54, 1.807) is 44.8 Å². The Kier molecular flexibility index (Phi) is 14.6. The SMILES string of the molecule is [C-]#[N+]CCOP(OC1CC(n2cnc3c(NC(=O)c4ccccc4)ncnc32)OC1COC(c1ccccc1)(c1ccc(OC)cc1)c1ccc(OC)cc1)N(C(C)C)C(C)C. The molecule has 4 atom stereocenters. The molecule has 0 bridgehead atoms. The zero-order valence-electron chi connectivity index (χ0n) is 35.8. The van der Waals surface area contributed by atoms with E-state index < -0.39 is 32.6 Å². The van der Waals surface area contributed by atoms with Crippen molar-refractivity contribution in [2.24, 2.45) is 0 Å². The van der Waals surface area contributed by atoms with Crippen molar-refractivity contribution in [3.8, 4) is 11.5 Å². The minimum atomic E-state index is -1.65. The number of methoxy groups -OCH3 is 2. The van der Waals surface area contributed by atoms with Gasteiger partial charge in [-0.25, -0.2) is 26.2 Å². The largest absolute Gasteiger partial charge is 0.497 e. The van der Waals surface area contributed by atoms with Crippen LogP contribution in [0.5, 0.6) is 11.5 Å². The fraction of sp³-hybridized carbons (Fsp3) is 0.340. The van der Waals surface area contributed by atoms with Crippen LogP contribution in [-0.4, -0.2) is 88.4 Å². The molecular weight excluding hydrogens is 806 g/mol. The van der Waals surface area contributed by atoms with Gasteiger partial charge in [-0.15, -0.1) is 0 Å². The van der Waals surface area contributed by atoms with Gasteiger partial charge in [0.2, 0.25) is 6.54 Å². The Balaban J connectivity index is 1.28. The van der Waals surface area contributed by atoms with Crippen LogP contribution in [0.4, 0.5) is 5.82 Å². The maximum Gasteiger partial charge on any atom is 0.259 e. The topological polar surface area (TPSA) is 136 Å². The quantitative estimate of drug-likeness (QED) is 0.0362. The van der Waals surface area contributed by atoms with E-state index >= 15 is 0 Å². The summed E-state index contributed by atoms with van der Waals surface area (Å²) in [5.74, 6) is 1.39. The van der Waals surface area contributed by atoms with Crippen molar-refractivity contribution in [1.82, 2.24) is 24.2 Å². The summed E-state index contributed by atoms with van der Waals surface area (Å²) in [7, 11) is 1.63. The lowest BCUT2D eigenvalue weighted by Gasteiger charge is -2.39. The third-order valence-electron chi connectivity index (χ3n) is 10.6. The third kappa shape index (κ3) is 9.64. The van der Waals surface area contributed by atoms with Crippen molar-refractivity contribution in [2.75, 3.05) is 39.3 Å². The van der Waals surface area contributed by atoms with Crippen LogP contribution in [0.25, 0.3) is 16.0 Å². The molecule has 0 aliphatic carbocycles. The minimum Gasteiger partial charge on any atom is -0.497 e. The number of nitrogens with zero attached hydrogens (tertiary/aromatic N) is 6. The average Bonchev–Trinajstić information content (AvgIpc) is 3.92. The molecule has 0 radical (unpaired) electrons. The highest BCUT2D eigenvalue weighted by molar-refractivity contribution is 7.44. The second kappa shape index (κ2) is 20.4. The third-order valence-corrected chi connectivity index (χ3v) is 12.8. The number of nitrogens with one attached hydrogen (secondary N) is 1. The van der Waals surface area contributed by atoms with Gasteiger partial charge in [0, 0.05) is 24.1 Å². The molecule has 1 saturated heterocycles. The molecule has 0 spiro atoms.